The Balaban J connectivity index is 1.84. The lowest BCUT2D eigenvalue weighted by atomic mass is 9.97. The van der Waals surface area contributed by atoms with Crippen molar-refractivity contribution in [2.75, 3.05) is 12.9 Å². The predicted molar refractivity (Wildman–Crippen MR) is 96.4 cm³/mol. The molecule has 0 saturated carbocycles. The highest BCUT2D eigenvalue weighted by molar-refractivity contribution is 7.90. The first-order valence-corrected chi connectivity index (χ1v) is 10.3. The third-order valence-electron chi connectivity index (χ3n) is 3.64. The molecule has 1 aromatic carbocycles. The van der Waals surface area contributed by atoms with Crippen LogP contribution in [0.2, 0.25) is 0 Å². The maximum atomic E-state index is 11.6. The summed E-state index contributed by atoms with van der Waals surface area (Å²) in [6.45, 7) is 0.451. The summed E-state index contributed by atoms with van der Waals surface area (Å²) in [4.78, 5) is 4.00. The van der Waals surface area contributed by atoms with Crippen molar-refractivity contribution in [3.8, 4) is 11.6 Å². The molecule has 1 unspecified atom stereocenters. The Bertz CT molecular complexity index is 892. The fraction of sp³-hybridized carbons (Fsp3) is 0.312. The van der Waals surface area contributed by atoms with Crippen LogP contribution < -0.4 is 4.74 Å². The molecule has 1 aromatic heterocycles. The lowest BCUT2D eigenvalue weighted by Gasteiger charge is -2.18. The Morgan fingerprint density at radius 2 is 1.92 bits per heavy atom. The van der Waals surface area contributed by atoms with Crippen LogP contribution >= 0.6 is 34.8 Å². The number of hydrogen-bond acceptors (Lipinski definition) is 5. The molecule has 0 aliphatic carbocycles. The van der Waals surface area contributed by atoms with Crippen molar-refractivity contribution in [2.45, 2.75) is 20.8 Å². The zero-order valence-corrected chi connectivity index (χ0v) is 16.2. The summed E-state index contributed by atoms with van der Waals surface area (Å²) in [5.74, 6) is 0.655. The first-order chi connectivity index (χ1) is 11.6. The second-order valence-electron chi connectivity index (χ2n) is 5.79. The molecule has 2 aromatic rings. The molecular formula is C16H14Cl3NO4S. The second-order valence-corrected chi connectivity index (χ2v) is 10.3. The first kappa shape index (κ1) is 18.7. The number of alkyl halides is 3. The minimum Gasteiger partial charge on any atom is -0.439 e. The standard InChI is InChI=1S/C16H14Cl3NO4S/c1-25(21,22)14-7-3-6-13(20-14)24-12-5-2-4-11(8-12)15(10-23-15)9-16(17,18)19/h2-8H,9-10H2,1H3. The van der Waals surface area contributed by atoms with Crippen LogP contribution in [0.15, 0.2) is 47.5 Å². The van der Waals surface area contributed by atoms with Crippen LogP contribution in [-0.4, -0.2) is 30.1 Å². The minimum atomic E-state index is -3.41. The number of pyridine rings is 1. The number of benzene rings is 1. The lowest BCUT2D eigenvalue weighted by molar-refractivity contribution is 0.294. The normalized spacial score (nSPS) is 20.3. The van der Waals surface area contributed by atoms with Crippen LogP contribution in [0.3, 0.4) is 0 Å². The topological polar surface area (TPSA) is 68.8 Å². The third kappa shape index (κ3) is 4.77. The summed E-state index contributed by atoms with van der Waals surface area (Å²) in [5, 5.41) is -0.0562. The Labute approximate surface area is 160 Å². The Morgan fingerprint density at radius 3 is 2.52 bits per heavy atom. The monoisotopic (exact) mass is 421 g/mol. The fourth-order valence-corrected chi connectivity index (χ4v) is 3.63. The number of epoxide rings is 1. The van der Waals surface area contributed by atoms with E-state index in [2.05, 4.69) is 4.98 Å². The van der Waals surface area contributed by atoms with Crippen LogP contribution in [0.4, 0.5) is 0 Å². The molecule has 0 spiro atoms. The largest absolute Gasteiger partial charge is 0.439 e. The van der Waals surface area contributed by atoms with E-state index in [1.165, 1.54) is 6.07 Å². The maximum absolute atomic E-state index is 11.6. The van der Waals surface area contributed by atoms with Crippen molar-refractivity contribution >= 4 is 44.6 Å². The van der Waals surface area contributed by atoms with Gasteiger partial charge in [-0.25, -0.2) is 13.4 Å². The van der Waals surface area contributed by atoms with E-state index in [-0.39, 0.29) is 17.3 Å². The first-order valence-electron chi connectivity index (χ1n) is 7.24. The smallest absolute Gasteiger partial charge is 0.220 e. The second kappa shape index (κ2) is 6.59. The molecule has 0 radical (unpaired) electrons. The number of rotatable bonds is 5. The van der Waals surface area contributed by atoms with Gasteiger partial charge in [-0.3, -0.25) is 0 Å². The predicted octanol–water partition coefficient (Wildman–Crippen LogP) is 4.26. The van der Waals surface area contributed by atoms with Gasteiger partial charge in [0, 0.05) is 18.7 Å². The maximum Gasteiger partial charge on any atom is 0.220 e. The molecule has 0 N–H and O–H groups in total. The Kier molecular flexibility index (Phi) is 4.94. The van der Waals surface area contributed by atoms with Crippen LogP contribution in [0.1, 0.15) is 12.0 Å². The van der Waals surface area contributed by atoms with Gasteiger partial charge in [0.1, 0.15) is 11.4 Å². The van der Waals surface area contributed by atoms with Crippen LogP contribution in [0.25, 0.3) is 0 Å². The summed E-state index contributed by atoms with van der Waals surface area (Å²) in [7, 11) is -3.41. The average molecular weight is 423 g/mol. The molecule has 1 aliphatic heterocycles. The number of hydrogen-bond donors (Lipinski definition) is 0. The molecule has 5 nitrogen and oxygen atoms in total. The Morgan fingerprint density at radius 1 is 1.24 bits per heavy atom. The average Bonchev–Trinajstić information content (AvgIpc) is 3.26. The zero-order chi connectivity index (χ0) is 18.3. The van der Waals surface area contributed by atoms with Crippen molar-refractivity contribution < 1.29 is 17.9 Å². The van der Waals surface area contributed by atoms with Gasteiger partial charge in [-0.2, -0.15) is 0 Å². The van der Waals surface area contributed by atoms with Crippen molar-refractivity contribution in [1.82, 2.24) is 4.98 Å². The molecule has 25 heavy (non-hydrogen) atoms. The van der Waals surface area contributed by atoms with Crippen molar-refractivity contribution in [3.05, 3.63) is 48.0 Å². The van der Waals surface area contributed by atoms with Gasteiger partial charge in [0.05, 0.1) is 6.61 Å². The molecule has 2 heterocycles. The minimum absolute atomic E-state index is 0.0562. The van der Waals surface area contributed by atoms with Gasteiger partial charge in [-0.05, 0) is 23.8 Å². The molecule has 0 bridgehead atoms. The van der Waals surface area contributed by atoms with Crippen molar-refractivity contribution in [2.24, 2.45) is 0 Å². The van der Waals surface area contributed by atoms with E-state index < -0.39 is 19.2 Å². The summed E-state index contributed by atoms with van der Waals surface area (Å²) in [6.07, 6.45) is 1.31. The van der Waals surface area contributed by atoms with Crippen LogP contribution in [0, 0.1) is 0 Å². The van der Waals surface area contributed by atoms with E-state index in [9.17, 15) is 8.42 Å². The van der Waals surface area contributed by atoms with Gasteiger partial charge in [0.2, 0.25) is 5.88 Å². The summed E-state index contributed by atoms with van der Waals surface area (Å²) in [6, 6.07) is 11.7. The van der Waals surface area contributed by atoms with Crippen LogP contribution in [0.5, 0.6) is 11.6 Å². The quantitative estimate of drug-likeness (QED) is 0.532. The van der Waals surface area contributed by atoms with E-state index in [1.807, 2.05) is 6.07 Å². The molecule has 3 rings (SSSR count). The van der Waals surface area contributed by atoms with Crippen molar-refractivity contribution in [3.63, 3.8) is 0 Å². The molecule has 0 amide bonds. The highest BCUT2D eigenvalue weighted by Crippen LogP contribution is 2.50. The van der Waals surface area contributed by atoms with Gasteiger partial charge in [0.15, 0.2) is 18.7 Å². The van der Waals surface area contributed by atoms with Gasteiger partial charge in [-0.15, -0.1) is 0 Å². The van der Waals surface area contributed by atoms with Gasteiger partial charge >= 0.3 is 0 Å². The van der Waals surface area contributed by atoms with E-state index in [1.54, 1.807) is 30.3 Å². The SMILES string of the molecule is CS(=O)(=O)c1cccc(Oc2cccc(C3(CC(Cl)(Cl)Cl)CO3)c2)n1. The van der Waals surface area contributed by atoms with E-state index in [0.717, 1.165) is 11.8 Å². The van der Waals surface area contributed by atoms with Gasteiger partial charge in [0.25, 0.3) is 0 Å². The molecule has 1 saturated heterocycles. The molecule has 9 heteroatoms. The number of nitrogens with zero attached hydrogens (tertiary/aromatic N) is 1. The van der Waals surface area contributed by atoms with Gasteiger partial charge < -0.3 is 9.47 Å². The summed E-state index contributed by atoms with van der Waals surface area (Å²) in [5.41, 5.74) is 0.169. The molecule has 1 aliphatic rings. The number of halogens is 3. The molecule has 1 atom stereocenters. The third-order valence-corrected chi connectivity index (χ3v) is 5.03. The fourth-order valence-electron chi connectivity index (χ4n) is 2.40. The molecule has 134 valence electrons. The highest BCUT2D eigenvalue weighted by Gasteiger charge is 2.51. The van der Waals surface area contributed by atoms with Crippen LogP contribution in [-0.2, 0) is 20.2 Å². The van der Waals surface area contributed by atoms with E-state index >= 15 is 0 Å². The molecular weight excluding hydrogens is 409 g/mol. The lowest BCUT2D eigenvalue weighted by Crippen LogP contribution is -2.18. The number of sulfone groups is 1. The summed E-state index contributed by atoms with van der Waals surface area (Å²) >= 11 is 17.7. The van der Waals surface area contributed by atoms with Crippen molar-refractivity contribution in [1.29, 1.82) is 0 Å². The summed E-state index contributed by atoms with van der Waals surface area (Å²) < 4.78 is 33.0. The van der Waals surface area contributed by atoms with E-state index in [4.69, 9.17) is 44.3 Å². The zero-order valence-electron chi connectivity index (χ0n) is 13.1. The Hall–Kier alpha value is -1.05. The number of ether oxygens (including phenoxy) is 2. The van der Waals surface area contributed by atoms with E-state index in [0.29, 0.717) is 12.4 Å². The molecule has 1 fully saturated rings. The number of aromatic nitrogens is 1. The van der Waals surface area contributed by atoms with Gasteiger partial charge in [-0.1, -0.05) is 53.0 Å². The highest BCUT2D eigenvalue weighted by atomic mass is 35.6.